The first-order valence-electron chi connectivity index (χ1n) is 15.4. The van der Waals surface area contributed by atoms with Gasteiger partial charge in [-0.2, -0.15) is 0 Å². The summed E-state index contributed by atoms with van der Waals surface area (Å²) in [5, 5.41) is 2.96. The molecule has 4 bridgehead atoms. The highest BCUT2D eigenvalue weighted by Gasteiger charge is 2.51. The van der Waals surface area contributed by atoms with Crippen molar-refractivity contribution in [3.63, 3.8) is 0 Å². The Kier molecular flexibility index (Phi) is 8.25. The van der Waals surface area contributed by atoms with E-state index >= 15 is 0 Å². The highest BCUT2D eigenvalue weighted by molar-refractivity contribution is 7.92. The van der Waals surface area contributed by atoms with E-state index in [1.165, 1.54) is 53.3 Å². The fourth-order valence-corrected chi connectivity index (χ4v) is 8.86. The Morgan fingerprint density at radius 2 is 1.45 bits per heavy atom. The van der Waals surface area contributed by atoms with Crippen LogP contribution in [0.3, 0.4) is 0 Å². The van der Waals surface area contributed by atoms with E-state index in [-0.39, 0.29) is 24.4 Å². The Labute approximate surface area is 252 Å². The van der Waals surface area contributed by atoms with Gasteiger partial charge in [-0.25, -0.2) is 8.42 Å². The van der Waals surface area contributed by atoms with E-state index in [4.69, 9.17) is 0 Å². The fraction of sp³-hybridized carbons (Fsp3) is 0.588. The van der Waals surface area contributed by atoms with Crippen LogP contribution in [0, 0.1) is 24.7 Å². The minimum Gasteiger partial charge on any atom is -0.350 e. The van der Waals surface area contributed by atoms with Crippen molar-refractivity contribution < 1.29 is 18.0 Å². The molecule has 42 heavy (non-hydrogen) atoms. The van der Waals surface area contributed by atoms with Crippen LogP contribution < -0.4 is 9.62 Å². The van der Waals surface area contributed by atoms with E-state index in [2.05, 4.69) is 17.4 Å². The SMILES string of the molecule is Cc1ccc(CN(C(=O)CN(c2ccc(C34CC5CC(CC(C5)C3)C4)cc2)S(C)(=O)=O)[C@H](C)C(=O)NC(C)(C)C)cc1. The third-order valence-electron chi connectivity index (χ3n) is 9.62. The van der Waals surface area contributed by atoms with Crippen LogP contribution in [0.15, 0.2) is 48.5 Å². The summed E-state index contributed by atoms with van der Waals surface area (Å²) in [7, 11) is -3.77. The van der Waals surface area contributed by atoms with Gasteiger partial charge in [-0.15, -0.1) is 0 Å². The van der Waals surface area contributed by atoms with Gasteiger partial charge >= 0.3 is 0 Å². The van der Waals surface area contributed by atoms with E-state index in [9.17, 15) is 18.0 Å². The minimum atomic E-state index is -3.77. The standard InChI is InChI=1S/C34H47N3O4S/c1-23-7-9-25(10-8-23)21-36(24(2)32(39)35-33(3,4)5)31(38)22-37(42(6,40)41)30-13-11-29(12-14-30)34-18-26-15-27(19-34)17-28(16-26)20-34/h7-14,24,26-28H,15-22H2,1-6H3,(H,35,39)/t24-,26?,27?,28?,34?/m1/s1. The van der Waals surface area contributed by atoms with E-state index in [0.717, 1.165) is 35.1 Å². The third-order valence-corrected chi connectivity index (χ3v) is 10.8. The molecule has 228 valence electrons. The van der Waals surface area contributed by atoms with Gasteiger partial charge in [-0.3, -0.25) is 13.9 Å². The molecular formula is C34H47N3O4S. The Hall–Kier alpha value is -2.87. The predicted molar refractivity (Wildman–Crippen MR) is 168 cm³/mol. The summed E-state index contributed by atoms with van der Waals surface area (Å²) >= 11 is 0. The monoisotopic (exact) mass is 593 g/mol. The van der Waals surface area contributed by atoms with Gasteiger partial charge in [-0.05, 0) is 120 Å². The van der Waals surface area contributed by atoms with Gasteiger partial charge in [-0.1, -0.05) is 42.0 Å². The molecule has 2 amide bonds. The number of nitrogens with one attached hydrogen (secondary N) is 1. The summed E-state index contributed by atoms with van der Waals surface area (Å²) in [4.78, 5) is 28.5. The summed E-state index contributed by atoms with van der Waals surface area (Å²) in [5.41, 5.74) is 3.48. The minimum absolute atomic E-state index is 0.195. The van der Waals surface area contributed by atoms with Crippen molar-refractivity contribution in [1.82, 2.24) is 10.2 Å². The number of rotatable bonds is 9. The molecule has 2 aromatic carbocycles. The summed E-state index contributed by atoms with van der Waals surface area (Å²) in [5.74, 6) is 1.74. The first-order chi connectivity index (χ1) is 19.6. The van der Waals surface area contributed by atoms with Crippen LogP contribution in [0.1, 0.15) is 82.9 Å². The predicted octanol–water partition coefficient (Wildman–Crippen LogP) is 5.56. The number of nitrogens with zero attached hydrogens (tertiary/aromatic N) is 2. The molecule has 0 spiro atoms. The largest absolute Gasteiger partial charge is 0.350 e. The Bertz CT molecular complexity index is 1370. The second-order valence-corrected chi connectivity index (χ2v) is 16.3. The van der Waals surface area contributed by atoms with Crippen molar-refractivity contribution in [1.29, 1.82) is 0 Å². The lowest BCUT2D eigenvalue weighted by atomic mass is 9.48. The lowest BCUT2D eigenvalue weighted by molar-refractivity contribution is -0.140. The van der Waals surface area contributed by atoms with Gasteiger partial charge in [0.25, 0.3) is 0 Å². The van der Waals surface area contributed by atoms with E-state index in [0.29, 0.717) is 5.69 Å². The molecule has 4 aliphatic carbocycles. The molecular weight excluding hydrogens is 546 g/mol. The van der Waals surface area contributed by atoms with Crippen molar-refractivity contribution in [2.75, 3.05) is 17.1 Å². The summed E-state index contributed by atoms with van der Waals surface area (Å²) < 4.78 is 27.3. The number of hydrogen-bond donors (Lipinski definition) is 1. The zero-order valence-corrected chi connectivity index (χ0v) is 26.8. The van der Waals surface area contributed by atoms with Crippen LogP contribution in [0.2, 0.25) is 0 Å². The van der Waals surface area contributed by atoms with Crippen molar-refractivity contribution in [3.05, 3.63) is 65.2 Å². The molecule has 0 aromatic heterocycles. The number of carbonyl (C=O) groups excluding carboxylic acids is 2. The quantitative estimate of drug-likeness (QED) is 0.413. The number of aryl methyl sites for hydroxylation is 1. The van der Waals surface area contributed by atoms with E-state index in [1.807, 2.05) is 64.1 Å². The normalized spacial score (nSPS) is 25.6. The van der Waals surface area contributed by atoms with Crippen LogP contribution in [-0.2, 0) is 31.6 Å². The number of benzene rings is 2. The van der Waals surface area contributed by atoms with Crippen LogP contribution in [0.25, 0.3) is 0 Å². The summed E-state index contributed by atoms with van der Waals surface area (Å²) in [6.07, 6.45) is 8.93. The van der Waals surface area contributed by atoms with Gasteiger partial charge in [0.1, 0.15) is 12.6 Å². The number of sulfonamides is 1. The highest BCUT2D eigenvalue weighted by atomic mass is 32.2. The van der Waals surface area contributed by atoms with Crippen molar-refractivity contribution in [2.45, 2.75) is 96.7 Å². The summed E-state index contributed by atoms with van der Waals surface area (Å²) in [6.45, 7) is 9.17. The Morgan fingerprint density at radius 3 is 1.93 bits per heavy atom. The van der Waals surface area contributed by atoms with Crippen molar-refractivity contribution in [2.24, 2.45) is 17.8 Å². The maximum Gasteiger partial charge on any atom is 0.244 e. The highest BCUT2D eigenvalue weighted by Crippen LogP contribution is 2.60. The second kappa shape index (κ2) is 11.3. The number of amides is 2. The lowest BCUT2D eigenvalue weighted by Crippen LogP contribution is -2.54. The van der Waals surface area contributed by atoms with E-state index in [1.54, 1.807) is 6.92 Å². The molecule has 0 unspecified atom stereocenters. The average Bonchev–Trinajstić information content (AvgIpc) is 2.88. The molecule has 8 heteroatoms. The lowest BCUT2D eigenvalue weighted by Gasteiger charge is -2.57. The van der Waals surface area contributed by atoms with Gasteiger partial charge in [0, 0.05) is 12.1 Å². The molecule has 1 N–H and O–H groups in total. The summed E-state index contributed by atoms with van der Waals surface area (Å²) in [6, 6.07) is 14.9. The molecule has 0 saturated heterocycles. The van der Waals surface area contributed by atoms with Crippen LogP contribution in [-0.4, -0.2) is 49.5 Å². The van der Waals surface area contributed by atoms with Crippen molar-refractivity contribution >= 4 is 27.5 Å². The Morgan fingerprint density at radius 1 is 0.929 bits per heavy atom. The topological polar surface area (TPSA) is 86.8 Å². The molecule has 0 radical (unpaired) electrons. The molecule has 0 aliphatic heterocycles. The number of carbonyl (C=O) groups is 2. The van der Waals surface area contributed by atoms with Crippen LogP contribution in [0.4, 0.5) is 5.69 Å². The second-order valence-electron chi connectivity index (χ2n) is 14.4. The molecule has 4 fully saturated rings. The Balaban J connectivity index is 1.39. The molecule has 4 saturated carbocycles. The zero-order valence-electron chi connectivity index (χ0n) is 26.0. The maximum absolute atomic E-state index is 13.9. The van der Waals surface area contributed by atoms with Gasteiger partial charge in [0.05, 0.1) is 11.9 Å². The van der Waals surface area contributed by atoms with Crippen LogP contribution in [0.5, 0.6) is 0 Å². The fourth-order valence-electron chi connectivity index (χ4n) is 8.01. The molecule has 2 aromatic rings. The first-order valence-corrected chi connectivity index (χ1v) is 17.2. The van der Waals surface area contributed by atoms with E-state index < -0.39 is 27.5 Å². The smallest absolute Gasteiger partial charge is 0.244 e. The van der Waals surface area contributed by atoms with Gasteiger partial charge in [0.2, 0.25) is 21.8 Å². The molecule has 6 rings (SSSR count). The number of hydrogen-bond acceptors (Lipinski definition) is 4. The molecule has 7 nitrogen and oxygen atoms in total. The van der Waals surface area contributed by atoms with Crippen molar-refractivity contribution in [3.8, 4) is 0 Å². The zero-order chi connectivity index (χ0) is 30.4. The van der Waals surface area contributed by atoms with Gasteiger partial charge in [0.15, 0.2) is 0 Å². The molecule has 4 aliphatic rings. The van der Waals surface area contributed by atoms with Crippen LogP contribution >= 0.6 is 0 Å². The first kappa shape index (κ1) is 30.6. The third kappa shape index (κ3) is 6.69. The number of anilines is 1. The molecule has 1 atom stereocenters. The maximum atomic E-state index is 13.9. The average molecular weight is 594 g/mol. The van der Waals surface area contributed by atoms with Gasteiger partial charge < -0.3 is 10.2 Å². The molecule has 0 heterocycles.